The summed E-state index contributed by atoms with van der Waals surface area (Å²) >= 11 is 0. The molecule has 0 bridgehead atoms. The van der Waals surface area contributed by atoms with Crippen molar-refractivity contribution in [1.82, 2.24) is 4.72 Å². The quantitative estimate of drug-likeness (QED) is 0.622. The van der Waals surface area contributed by atoms with Crippen LogP contribution < -0.4 is 14.2 Å². The van der Waals surface area contributed by atoms with Gasteiger partial charge in [-0.15, -0.1) is 0 Å². The Balaban J connectivity index is 2.31. The summed E-state index contributed by atoms with van der Waals surface area (Å²) in [7, 11) is -2.61. The van der Waals surface area contributed by atoms with Crippen LogP contribution in [0, 0.1) is 6.92 Å². The summed E-state index contributed by atoms with van der Waals surface area (Å²) in [4.78, 5) is 11.9. The molecule has 2 rings (SSSR count). The largest absolute Gasteiger partial charge is 0.490 e. The fourth-order valence-electron chi connectivity index (χ4n) is 2.80. The molecule has 0 saturated heterocycles. The topological polar surface area (TPSA) is 90.9 Å². The highest BCUT2D eigenvalue weighted by atomic mass is 32.2. The monoisotopic (exact) mass is 421 g/mol. The third-order valence-electron chi connectivity index (χ3n) is 4.32. The van der Waals surface area contributed by atoms with Crippen LogP contribution in [0.25, 0.3) is 0 Å². The van der Waals surface area contributed by atoms with Gasteiger partial charge in [-0.1, -0.05) is 12.1 Å². The molecule has 29 heavy (non-hydrogen) atoms. The Kier molecular flexibility index (Phi) is 7.64. The lowest BCUT2D eigenvalue weighted by Crippen LogP contribution is -2.27. The van der Waals surface area contributed by atoms with E-state index in [1.165, 1.54) is 19.2 Å². The minimum absolute atomic E-state index is 0.00804. The van der Waals surface area contributed by atoms with E-state index >= 15 is 0 Å². The Morgan fingerprint density at radius 3 is 2.31 bits per heavy atom. The van der Waals surface area contributed by atoms with Crippen LogP contribution in [0.1, 0.15) is 48.3 Å². The number of aryl methyl sites for hydroxylation is 1. The van der Waals surface area contributed by atoms with Gasteiger partial charge in [-0.05, 0) is 63.1 Å². The van der Waals surface area contributed by atoms with Crippen molar-refractivity contribution in [1.29, 1.82) is 0 Å². The highest BCUT2D eigenvalue weighted by Gasteiger charge is 2.22. The lowest BCUT2D eigenvalue weighted by molar-refractivity contribution is 0.0599. The minimum Gasteiger partial charge on any atom is -0.490 e. The molecule has 0 spiro atoms. The van der Waals surface area contributed by atoms with Crippen LogP contribution >= 0.6 is 0 Å². The number of sulfonamides is 1. The van der Waals surface area contributed by atoms with Crippen molar-refractivity contribution >= 4 is 16.0 Å². The van der Waals surface area contributed by atoms with Gasteiger partial charge in [-0.3, -0.25) is 0 Å². The molecule has 2 aromatic carbocycles. The van der Waals surface area contributed by atoms with Crippen LogP contribution in [0.2, 0.25) is 0 Å². The predicted octanol–water partition coefficient (Wildman–Crippen LogP) is 3.62. The molecular formula is C21H27NO6S. The molecule has 1 unspecified atom stereocenters. The number of esters is 1. The summed E-state index contributed by atoms with van der Waals surface area (Å²) in [5, 5.41) is 0. The van der Waals surface area contributed by atoms with Crippen molar-refractivity contribution in [2.45, 2.75) is 38.6 Å². The number of ether oxygens (including phenoxy) is 3. The molecule has 0 radical (unpaired) electrons. The maximum Gasteiger partial charge on any atom is 0.338 e. The first-order valence-electron chi connectivity index (χ1n) is 9.34. The summed E-state index contributed by atoms with van der Waals surface area (Å²) in [6.45, 7) is 8.16. The molecular weight excluding hydrogens is 394 g/mol. The van der Waals surface area contributed by atoms with E-state index in [4.69, 9.17) is 14.2 Å². The molecule has 0 fully saturated rings. The number of rotatable bonds is 9. The van der Waals surface area contributed by atoms with Gasteiger partial charge in [0.15, 0.2) is 11.5 Å². The molecule has 1 atom stereocenters. The molecule has 158 valence electrons. The molecule has 0 aliphatic heterocycles. The van der Waals surface area contributed by atoms with E-state index in [-0.39, 0.29) is 10.5 Å². The van der Waals surface area contributed by atoms with Gasteiger partial charge in [-0.25, -0.2) is 17.9 Å². The van der Waals surface area contributed by atoms with Crippen LogP contribution in [-0.4, -0.2) is 34.7 Å². The smallest absolute Gasteiger partial charge is 0.338 e. The average molecular weight is 422 g/mol. The van der Waals surface area contributed by atoms with Crippen LogP contribution in [0.5, 0.6) is 11.5 Å². The number of hydrogen-bond acceptors (Lipinski definition) is 6. The summed E-state index contributed by atoms with van der Waals surface area (Å²) < 4.78 is 44.2. The maximum absolute atomic E-state index is 12.9. The zero-order valence-electron chi connectivity index (χ0n) is 17.3. The molecule has 0 heterocycles. The standard InChI is InChI=1S/C21H27NO6S/c1-6-27-19-11-9-16(12-20(19)28-7-2)15(4)22-29(24,25)17-10-8-14(3)18(13-17)21(23)26-5/h8-13,15,22H,6-7H2,1-5H3. The van der Waals surface area contributed by atoms with E-state index in [0.717, 1.165) is 5.56 Å². The van der Waals surface area contributed by atoms with Crippen LogP contribution in [-0.2, 0) is 14.8 Å². The van der Waals surface area contributed by atoms with Gasteiger partial charge >= 0.3 is 5.97 Å². The highest BCUT2D eigenvalue weighted by molar-refractivity contribution is 7.89. The fraction of sp³-hybridized carbons (Fsp3) is 0.381. The van der Waals surface area contributed by atoms with E-state index in [2.05, 4.69) is 4.72 Å². The highest BCUT2D eigenvalue weighted by Crippen LogP contribution is 2.31. The number of hydrogen-bond donors (Lipinski definition) is 1. The zero-order valence-corrected chi connectivity index (χ0v) is 18.1. The molecule has 0 saturated carbocycles. The first kappa shape index (κ1) is 22.7. The molecule has 8 heteroatoms. The van der Waals surface area contributed by atoms with Gasteiger partial charge in [0.2, 0.25) is 10.0 Å². The number of nitrogens with one attached hydrogen (secondary N) is 1. The molecule has 0 aromatic heterocycles. The molecule has 0 amide bonds. The van der Waals surface area contributed by atoms with Crippen molar-refractivity contribution in [3.05, 3.63) is 53.1 Å². The second kappa shape index (κ2) is 9.76. The normalized spacial score (nSPS) is 12.3. The Hall–Kier alpha value is -2.58. The summed E-state index contributed by atoms with van der Waals surface area (Å²) in [5.74, 6) is 0.580. The SMILES string of the molecule is CCOc1ccc(C(C)NS(=O)(=O)c2ccc(C)c(C(=O)OC)c2)cc1OCC. The molecule has 0 aliphatic carbocycles. The third-order valence-corrected chi connectivity index (χ3v) is 5.86. The van der Waals surface area contributed by atoms with Crippen LogP contribution in [0.3, 0.4) is 0 Å². The number of benzene rings is 2. The summed E-state index contributed by atoms with van der Waals surface area (Å²) in [6, 6.07) is 9.14. The summed E-state index contributed by atoms with van der Waals surface area (Å²) in [5.41, 5.74) is 1.57. The maximum atomic E-state index is 12.9. The number of methoxy groups -OCH3 is 1. The molecule has 2 aromatic rings. The van der Waals surface area contributed by atoms with E-state index in [9.17, 15) is 13.2 Å². The van der Waals surface area contributed by atoms with E-state index < -0.39 is 22.0 Å². The van der Waals surface area contributed by atoms with Crippen molar-refractivity contribution in [2.75, 3.05) is 20.3 Å². The Labute approximate surface area is 172 Å². The van der Waals surface area contributed by atoms with Gasteiger partial charge in [0.1, 0.15) is 0 Å². The van der Waals surface area contributed by atoms with Crippen LogP contribution in [0.15, 0.2) is 41.3 Å². The Morgan fingerprint density at radius 1 is 1.03 bits per heavy atom. The first-order valence-corrected chi connectivity index (χ1v) is 10.8. The number of carbonyl (C=O) groups excluding carboxylic acids is 1. The van der Waals surface area contributed by atoms with E-state index in [1.54, 1.807) is 38.1 Å². The summed E-state index contributed by atoms with van der Waals surface area (Å²) in [6.07, 6.45) is 0. The van der Waals surface area contributed by atoms with Crippen molar-refractivity contribution in [2.24, 2.45) is 0 Å². The van der Waals surface area contributed by atoms with Crippen LogP contribution in [0.4, 0.5) is 0 Å². The van der Waals surface area contributed by atoms with Crippen molar-refractivity contribution < 1.29 is 27.4 Å². The Bertz CT molecular complexity index is 971. The predicted molar refractivity (Wildman–Crippen MR) is 110 cm³/mol. The second-order valence-electron chi connectivity index (χ2n) is 6.38. The average Bonchev–Trinajstić information content (AvgIpc) is 2.68. The zero-order chi connectivity index (χ0) is 21.6. The van der Waals surface area contributed by atoms with Gasteiger partial charge in [0, 0.05) is 6.04 Å². The molecule has 0 aliphatic rings. The molecule has 1 N–H and O–H groups in total. The Morgan fingerprint density at radius 2 is 1.69 bits per heavy atom. The van der Waals surface area contributed by atoms with Gasteiger partial charge < -0.3 is 14.2 Å². The lowest BCUT2D eigenvalue weighted by Gasteiger charge is -2.18. The van der Waals surface area contributed by atoms with E-state index in [0.29, 0.717) is 30.3 Å². The lowest BCUT2D eigenvalue weighted by atomic mass is 10.1. The first-order chi connectivity index (χ1) is 13.7. The fourth-order valence-corrected chi connectivity index (χ4v) is 4.06. The van der Waals surface area contributed by atoms with Crippen molar-refractivity contribution in [3.63, 3.8) is 0 Å². The molecule has 7 nitrogen and oxygen atoms in total. The number of carbonyl (C=O) groups is 1. The van der Waals surface area contributed by atoms with Gasteiger partial charge in [0.05, 0.1) is 30.8 Å². The van der Waals surface area contributed by atoms with E-state index in [1.807, 2.05) is 13.8 Å². The second-order valence-corrected chi connectivity index (χ2v) is 8.10. The minimum atomic E-state index is -3.86. The van der Waals surface area contributed by atoms with Gasteiger partial charge in [0.25, 0.3) is 0 Å². The van der Waals surface area contributed by atoms with Gasteiger partial charge in [-0.2, -0.15) is 0 Å². The van der Waals surface area contributed by atoms with Crippen molar-refractivity contribution in [3.8, 4) is 11.5 Å². The third kappa shape index (κ3) is 5.48.